The zero-order valence-electron chi connectivity index (χ0n) is 11.4. The second-order valence-corrected chi connectivity index (χ2v) is 4.61. The number of benzene rings is 2. The molecule has 1 unspecified atom stereocenters. The van der Waals surface area contributed by atoms with Crippen molar-refractivity contribution in [1.82, 2.24) is 0 Å². The molecule has 0 aromatic heterocycles. The van der Waals surface area contributed by atoms with E-state index in [0.29, 0.717) is 17.3 Å². The van der Waals surface area contributed by atoms with E-state index >= 15 is 0 Å². The minimum absolute atomic E-state index is 0. The first kappa shape index (κ1) is 16.3. The van der Waals surface area contributed by atoms with Gasteiger partial charge in [0.2, 0.25) is 0 Å². The molecule has 0 radical (unpaired) electrons. The quantitative estimate of drug-likeness (QED) is 0.642. The molecule has 3 nitrogen and oxygen atoms in total. The minimum Gasteiger partial charge on any atom is -1.00 e. The van der Waals surface area contributed by atoms with Crippen molar-refractivity contribution in [3.8, 4) is 5.75 Å². The fourth-order valence-electron chi connectivity index (χ4n) is 1.40. The smallest absolute Gasteiger partial charge is 1.00 e. The van der Waals surface area contributed by atoms with Gasteiger partial charge in [0, 0.05) is 0 Å². The summed E-state index contributed by atoms with van der Waals surface area (Å²) in [7, 11) is 0. The molecule has 1 N–H and O–H groups in total. The number of halogens is 1. The van der Waals surface area contributed by atoms with Gasteiger partial charge in [0.15, 0.2) is 11.1 Å². The van der Waals surface area contributed by atoms with Gasteiger partial charge in [-0.25, -0.2) is 8.60 Å². The maximum absolute atomic E-state index is 12.7. The molecule has 0 bridgehead atoms. The van der Waals surface area contributed by atoms with E-state index in [0.717, 1.165) is 5.56 Å². The van der Waals surface area contributed by atoms with Gasteiger partial charge in [-0.1, -0.05) is 12.1 Å². The normalized spacial score (nSPS) is 11.5. The van der Waals surface area contributed by atoms with Crippen LogP contribution in [0.1, 0.15) is 6.99 Å². The molecule has 0 fully saturated rings. The largest absolute Gasteiger partial charge is 1.00 e. The van der Waals surface area contributed by atoms with Crippen LogP contribution in [0.2, 0.25) is 0 Å². The Hall–Kier alpha value is -0.720. The Bertz CT molecular complexity index is 549. The fourth-order valence-corrected chi connectivity index (χ4v) is 1.77. The van der Waals surface area contributed by atoms with E-state index in [-0.39, 0.29) is 36.8 Å². The molecule has 6 heteroatoms. The first-order chi connectivity index (χ1) is 8.65. The van der Waals surface area contributed by atoms with Crippen LogP contribution in [0, 0.1) is 5.82 Å². The van der Waals surface area contributed by atoms with Crippen LogP contribution in [0.15, 0.2) is 53.4 Å². The molecule has 0 aliphatic rings. The molecule has 0 saturated heterocycles. The zero-order chi connectivity index (χ0) is 13.0. The van der Waals surface area contributed by atoms with Gasteiger partial charge in [-0.2, -0.15) is 0 Å². The summed E-state index contributed by atoms with van der Waals surface area (Å²) in [6.45, 7) is 0.323. The Balaban J connectivity index is 0.00000180. The number of rotatable bonds is 4. The van der Waals surface area contributed by atoms with Crippen LogP contribution in [0.4, 0.5) is 4.39 Å². The fraction of sp³-hybridized carbons (Fsp3) is 0.0769. The second kappa shape index (κ2) is 7.77. The summed E-state index contributed by atoms with van der Waals surface area (Å²) < 4.78 is 37.7. The maximum Gasteiger partial charge on any atom is 1.00 e. The Morgan fingerprint density at radius 1 is 1.11 bits per heavy atom. The molecule has 0 amide bonds. The maximum atomic E-state index is 12.7. The topological polar surface area (TPSA) is 46.5 Å². The van der Waals surface area contributed by atoms with Crippen molar-refractivity contribution in [3.05, 3.63) is 59.9 Å². The molecule has 2 aromatic rings. The third-order valence-corrected chi connectivity index (χ3v) is 3.02. The van der Waals surface area contributed by atoms with Crippen molar-refractivity contribution < 1.29 is 48.9 Å². The van der Waals surface area contributed by atoms with Crippen LogP contribution in [-0.2, 0) is 17.7 Å². The molecule has 96 valence electrons. The molecule has 2 rings (SSSR count). The molecule has 0 saturated carbocycles. The van der Waals surface area contributed by atoms with Gasteiger partial charge in [-0.3, -0.25) is 0 Å². The molecule has 2 aromatic carbocycles. The molecule has 0 spiro atoms. The summed E-state index contributed by atoms with van der Waals surface area (Å²) in [4.78, 5) is 0.348. The summed E-state index contributed by atoms with van der Waals surface area (Å²) in [6, 6.07) is 12.3. The predicted octanol–water partition coefficient (Wildman–Crippen LogP) is 0.102. The van der Waals surface area contributed by atoms with Gasteiger partial charge >= 0.3 is 29.6 Å². The average Bonchev–Trinajstić information content (AvgIpc) is 2.38. The van der Waals surface area contributed by atoms with Crippen LogP contribution in [-0.4, -0.2) is 8.76 Å². The van der Waals surface area contributed by atoms with Gasteiger partial charge in [0.25, 0.3) is 0 Å². The molecule has 0 aliphatic heterocycles. The second-order valence-electron chi connectivity index (χ2n) is 3.64. The molecule has 0 heterocycles. The molecule has 19 heavy (non-hydrogen) atoms. The monoisotopic (exact) mass is 290 g/mol. The van der Waals surface area contributed by atoms with Crippen molar-refractivity contribution in [2.45, 2.75) is 11.5 Å². The van der Waals surface area contributed by atoms with Gasteiger partial charge in [-0.15, -0.1) is 0 Å². The van der Waals surface area contributed by atoms with E-state index < -0.39 is 11.1 Å². The average molecular weight is 290 g/mol. The number of hydrogen-bond donors (Lipinski definition) is 1. The van der Waals surface area contributed by atoms with Crippen LogP contribution in [0.25, 0.3) is 0 Å². The summed E-state index contributed by atoms with van der Waals surface area (Å²) in [5.74, 6) is 0.267. The standard InChI is InChI=1S/C13H11FO3S.Na.H/c14-11-3-5-12(6-4-11)17-9-10-1-7-13(8-2-10)18(15)16;;/h1-8H,9H2,(H,15,16);;/q;+1;-1. The van der Waals surface area contributed by atoms with Gasteiger partial charge in [-0.05, 0) is 42.0 Å². The van der Waals surface area contributed by atoms with Crippen LogP contribution >= 0.6 is 0 Å². The minimum atomic E-state index is -1.96. The van der Waals surface area contributed by atoms with Gasteiger partial charge in [0.05, 0.1) is 4.90 Å². The summed E-state index contributed by atoms with van der Waals surface area (Å²) in [5.41, 5.74) is 0.869. The van der Waals surface area contributed by atoms with E-state index in [9.17, 15) is 8.60 Å². The Kier molecular flexibility index (Phi) is 6.68. The van der Waals surface area contributed by atoms with Crippen molar-refractivity contribution in [2.24, 2.45) is 0 Å². The number of ether oxygens (including phenoxy) is 1. The Labute approximate surface area is 136 Å². The van der Waals surface area contributed by atoms with E-state index in [1.54, 1.807) is 36.4 Å². The predicted molar refractivity (Wildman–Crippen MR) is 67.3 cm³/mol. The third kappa shape index (κ3) is 5.04. The van der Waals surface area contributed by atoms with E-state index in [1.807, 2.05) is 0 Å². The van der Waals surface area contributed by atoms with Gasteiger partial charge < -0.3 is 10.7 Å². The molecule has 1 atom stereocenters. The van der Waals surface area contributed by atoms with Crippen molar-refractivity contribution in [1.29, 1.82) is 0 Å². The van der Waals surface area contributed by atoms with Crippen molar-refractivity contribution in [2.75, 3.05) is 0 Å². The molecular formula is C13H12FNaO3S. The molecular weight excluding hydrogens is 278 g/mol. The summed E-state index contributed by atoms with van der Waals surface area (Å²) >= 11 is -1.96. The molecule has 0 aliphatic carbocycles. The van der Waals surface area contributed by atoms with Crippen LogP contribution in [0.5, 0.6) is 5.75 Å². The van der Waals surface area contributed by atoms with Crippen molar-refractivity contribution >= 4 is 11.1 Å². The van der Waals surface area contributed by atoms with Crippen LogP contribution < -0.4 is 34.3 Å². The Morgan fingerprint density at radius 2 is 1.68 bits per heavy atom. The van der Waals surface area contributed by atoms with E-state index in [2.05, 4.69) is 0 Å². The van der Waals surface area contributed by atoms with E-state index in [1.165, 1.54) is 12.1 Å². The zero-order valence-corrected chi connectivity index (χ0v) is 13.2. The number of hydrogen-bond acceptors (Lipinski definition) is 2. The first-order valence-electron chi connectivity index (χ1n) is 5.23. The Morgan fingerprint density at radius 3 is 2.21 bits per heavy atom. The van der Waals surface area contributed by atoms with Crippen LogP contribution in [0.3, 0.4) is 0 Å². The van der Waals surface area contributed by atoms with Gasteiger partial charge in [0.1, 0.15) is 18.2 Å². The third-order valence-electron chi connectivity index (χ3n) is 2.34. The first-order valence-corrected chi connectivity index (χ1v) is 6.34. The van der Waals surface area contributed by atoms with E-state index in [4.69, 9.17) is 9.29 Å². The van der Waals surface area contributed by atoms with Crippen molar-refractivity contribution in [3.63, 3.8) is 0 Å². The summed E-state index contributed by atoms with van der Waals surface area (Å²) in [5, 5.41) is 0. The summed E-state index contributed by atoms with van der Waals surface area (Å²) in [6.07, 6.45) is 0. The SMILES string of the molecule is O=S(O)c1ccc(COc2ccc(F)cc2)cc1.[H-].[Na+].